The average molecular weight is 386 g/mol. The van der Waals surface area contributed by atoms with Crippen LogP contribution in [0.15, 0.2) is 48.5 Å². The van der Waals surface area contributed by atoms with Gasteiger partial charge in [0.05, 0.1) is 27.6 Å². The monoisotopic (exact) mass is 385 g/mol. The van der Waals surface area contributed by atoms with Crippen LogP contribution in [0.3, 0.4) is 0 Å². The summed E-state index contributed by atoms with van der Waals surface area (Å²) >= 11 is 7.26. The van der Waals surface area contributed by atoms with Crippen molar-refractivity contribution >= 4 is 22.9 Å². The molecule has 0 aliphatic carbocycles. The summed E-state index contributed by atoms with van der Waals surface area (Å²) < 4.78 is 49.7. The molecule has 2 aromatic heterocycles. The maximum Gasteiger partial charge on any atom is 0.416 e. The van der Waals surface area contributed by atoms with Gasteiger partial charge >= 0.3 is 6.18 Å². The lowest BCUT2D eigenvalue weighted by Crippen LogP contribution is -2.04. The van der Waals surface area contributed by atoms with E-state index in [0.29, 0.717) is 15.8 Å². The third-order valence-electron chi connectivity index (χ3n) is 3.22. The summed E-state index contributed by atoms with van der Waals surface area (Å²) in [5, 5.41) is 0. The molecule has 3 rings (SSSR count). The van der Waals surface area contributed by atoms with E-state index in [1.165, 1.54) is 36.6 Å². The molecular formula is C17H11ClF3NO2S. The molecule has 0 spiro atoms. The summed E-state index contributed by atoms with van der Waals surface area (Å²) in [6, 6.07) is 11.3. The van der Waals surface area contributed by atoms with Crippen LogP contribution < -0.4 is 9.47 Å². The summed E-state index contributed by atoms with van der Waals surface area (Å²) in [7, 11) is 1.48. The molecule has 2 heterocycles. The molecule has 0 N–H and O–H groups in total. The molecule has 0 aliphatic heterocycles. The Bertz CT molecular complexity index is 896. The molecule has 3 nitrogen and oxygen atoms in total. The number of rotatable bonds is 4. The zero-order valence-electron chi connectivity index (χ0n) is 12.8. The van der Waals surface area contributed by atoms with E-state index in [2.05, 4.69) is 4.98 Å². The predicted molar refractivity (Wildman–Crippen MR) is 90.6 cm³/mol. The minimum atomic E-state index is -4.44. The first-order valence-corrected chi connectivity index (χ1v) is 8.21. The maximum absolute atomic E-state index is 12.8. The number of hydrogen-bond acceptors (Lipinski definition) is 4. The molecule has 3 aromatic rings. The van der Waals surface area contributed by atoms with Crippen molar-refractivity contribution in [1.29, 1.82) is 0 Å². The van der Waals surface area contributed by atoms with Crippen LogP contribution in [0.4, 0.5) is 13.2 Å². The van der Waals surface area contributed by atoms with Crippen LogP contribution in [0.25, 0.3) is 10.6 Å². The number of thiophene rings is 1. The van der Waals surface area contributed by atoms with E-state index in [-0.39, 0.29) is 11.6 Å². The fourth-order valence-corrected chi connectivity index (χ4v) is 3.09. The van der Waals surface area contributed by atoms with Crippen molar-refractivity contribution in [2.75, 3.05) is 7.11 Å². The van der Waals surface area contributed by atoms with Gasteiger partial charge in [0.25, 0.3) is 0 Å². The van der Waals surface area contributed by atoms with Crippen LogP contribution in [0, 0.1) is 0 Å². The summed E-state index contributed by atoms with van der Waals surface area (Å²) in [4.78, 5) is 5.11. The Morgan fingerprint density at radius 1 is 1.04 bits per heavy atom. The van der Waals surface area contributed by atoms with Gasteiger partial charge in [-0.15, -0.1) is 11.3 Å². The standard InChI is InChI=1S/C17H11ClF3NO2S/c1-23-12-8-13(14-5-6-15(18)25-14)22-16(9-12)24-11-4-2-3-10(7-11)17(19,20)21/h2-9H,1H3. The molecule has 0 bridgehead atoms. The largest absolute Gasteiger partial charge is 0.496 e. The summed E-state index contributed by atoms with van der Waals surface area (Å²) in [5.74, 6) is 0.625. The summed E-state index contributed by atoms with van der Waals surface area (Å²) in [6.45, 7) is 0. The molecule has 0 radical (unpaired) electrons. The van der Waals surface area contributed by atoms with Crippen LogP contribution in [-0.2, 0) is 6.18 Å². The van der Waals surface area contributed by atoms with E-state index in [9.17, 15) is 13.2 Å². The molecule has 130 valence electrons. The molecule has 0 amide bonds. The van der Waals surface area contributed by atoms with Crippen molar-refractivity contribution in [3.8, 4) is 28.0 Å². The van der Waals surface area contributed by atoms with Crippen LogP contribution >= 0.6 is 22.9 Å². The van der Waals surface area contributed by atoms with Crippen LogP contribution in [-0.4, -0.2) is 12.1 Å². The molecule has 0 unspecified atom stereocenters. The molecule has 0 saturated heterocycles. The lowest BCUT2D eigenvalue weighted by atomic mass is 10.2. The minimum absolute atomic E-state index is 0.0331. The Labute approximate surface area is 150 Å². The highest BCUT2D eigenvalue weighted by Gasteiger charge is 2.30. The Kier molecular flexibility index (Phi) is 4.87. The second-order valence-corrected chi connectivity index (χ2v) is 6.68. The highest BCUT2D eigenvalue weighted by Crippen LogP contribution is 2.36. The van der Waals surface area contributed by atoms with E-state index in [4.69, 9.17) is 21.1 Å². The van der Waals surface area contributed by atoms with Crippen LogP contribution in [0.2, 0.25) is 4.34 Å². The third kappa shape index (κ3) is 4.24. The number of nitrogens with zero attached hydrogens (tertiary/aromatic N) is 1. The predicted octanol–water partition coefficient (Wildman–Crippen LogP) is 6.28. The molecular weight excluding hydrogens is 375 g/mol. The first-order chi connectivity index (χ1) is 11.8. The van der Waals surface area contributed by atoms with Crippen molar-refractivity contribution in [3.63, 3.8) is 0 Å². The SMILES string of the molecule is COc1cc(Oc2cccc(C(F)(F)F)c2)nc(-c2ccc(Cl)s2)c1. The molecule has 25 heavy (non-hydrogen) atoms. The fourth-order valence-electron chi connectivity index (χ4n) is 2.09. The van der Waals surface area contributed by atoms with Gasteiger partial charge in [-0.05, 0) is 30.3 Å². The van der Waals surface area contributed by atoms with Gasteiger partial charge in [0, 0.05) is 12.1 Å². The van der Waals surface area contributed by atoms with Crippen molar-refractivity contribution < 1.29 is 22.6 Å². The minimum Gasteiger partial charge on any atom is -0.496 e. The molecule has 1 aromatic carbocycles. The number of halogens is 4. The Morgan fingerprint density at radius 3 is 2.48 bits per heavy atom. The second kappa shape index (κ2) is 6.93. The first-order valence-electron chi connectivity index (χ1n) is 7.02. The normalized spacial score (nSPS) is 11.4. The van der Waals surface area contributed by atoms with Crippen molar-refractivity contribution in [1.82, 2.24) is 4.98 Å². The van der Waals surface area contributed by atoms with E-state index >= 15 is 0 Å². The number of aromatic nitrogens is 1. The van der Waals surface area contributed by atoms with Gasteiger partial charge in [0.2, 0.25) is 5.88 Å². The maximum atomic E-state index is 12.8. The third-order valence-corrected chi connectivity index (χ3v) is 4.47. The van der Waals surface area contributed by atoms with Crippen molar-refractivity contribution in [2.24, 2.45) is 0 Å². The van der Waals surface area contributed by atoms with Crippen molar-refractivity contribution in [2.45, 2.75) is 6.18 Å². The van der Waals surface area contributed by atoms with E-state index in [0.717, 1.165) is 17.0 Å². The summed E-state index contributed by atoms with van der Waals surface area (Å²) in [6.07, 6.45) is -4.44. The van der Waals surface area contributed by atoms with Crippen LogP contribution in [0.1, 0.15) is 5.56 Å². The van der Waals surface area contributed by atoms with Gasteiger partial charge in [-0.3, -0.25) is 0 Å². The number of benzene rings is 1. The topological polar surface area (TPSA) is 31.4 Å². The van der Waals surface area contributed by atoms with Gasteiger partial charge in [0.1, 0.15) is 11.5 Å². The summed E-state index contributed by atoms with van der Waals surface area (Å²) in [5.41, 5.74) is -0.239. The highest BCUT2D eigenvalue weighted by atomic mass is 35.5. The Morgan fingerprint density at radius 2 is 1.84 bits per heavy atom. The Hall–Kier alpha value is -2.25. The number of alkyl halides is 3. The Balaban J connectivity index is 1.95. The smallest absolute Gasteiger partial charge is 0.416 e. The van der Waals surface area contributed by atoms with Crippen LogP contribution in [0.5, 0.6) is 17.4 Å². The number of ether oxygens (including phenoxy) is 2. The quantitative estimate of drug-likeness (QED) is 0.529. The van der Waals surface area contributed by atoms with Crippen molar-refractivity contribution in [3.05, 3.63) is 58.4 Å². The average Bonchev–Trinajstić information content (AvgIpc) is 3.00. The molecule has 0 saturated carbocycles. The lowest BCUT2D eigenvalue weighted by Gasteiger charge is -2.11. The zero-order chi connectivity index (χ0) is 18.0. The van der Waals surface area contributed by atoms with Gasteiger partial charge in [-0.2, -0.15) is 13.2 Å². The van der Waals surface area contributed by atoms with Gasteiger partial charge in [0.15, 0.2) is 0 Å². The molecule has 0 aliphatic rings. The number of hydrogen-bond donors (Lipinski definition) is 0. The molecule has 8 heteroatoms. The van der Waals surface area contributed by atoms with Gasteiger partial charge in [-0.1, -0.05) is 17.7 Å². The van der Waals surface area contributed by atoms with E-state index < -0.39 is 11.7 Å². The lowest BCUT2D eigenvalue weighted by molar-refractivity contribution is -0.137. The zero-order valence-corrected chi connectivity index (χ0v) is 14.4. The molecule has 0 fully saturated rings. The van der Waals surface area contributed by atoms with Gasteiger partial charge in [-0.25, -0.2) is 4.98 Å². The fraction of sp³-hybridized carbons (Fsp3) is 0.118. The van der Waals surface area contributed by atoms with E-state index in [1.807, 2.05) is 0 Å². The first kappa shape index (κ1) is 17.6. The number of pyridine rings is 1. The highest BCUT2D eigenvalue weighted by molar-refractivity contribution is 7.19. The van der Waals surface area contributed by atoms with E-state index in [1.54, 1.807) is 18.2 Å². The van der Waals surface area contributed by atoms with Gasteiger partial charge < -0.3 is 9.47 Å². The molecule has 0 atom stereocenters. The second-order valence-electron chi connectivity index (χ2n) is 4.96. The number of methoxy groups -OCH3 is 1.